The summed E-state index contributed by atoms with van der Waals surface area (Å²) < 4.78 is 1.97. The van der Waals surface area contributed by atoms with E-state index in [2.05, 4.69) is 68.0 Å². The third-order valence-electron chi connectivity index (χ3n) is 4.59. The average Bonchev–Trinajstić information content (AvgIpc) is 3.39. The van der Waals surface area contributed by atoms with Crippen LogP contribution in [0.1, 0.15) is 24.1 Å². The van der Waals surface area contributed by atoms with E-state index in [1.54, 1.807) is 0 Å². The van der Waals surface area contributed by atoms with Gasteiger partial charge in [-0.3, -0.25) is 0 Å². The normalized spacial score (nSPS) is 11.1. The zero-order valence-corrected chi connectivity index (χ0v) is 15.7. The van der Waals surface area contributed by atoms with Gasteiger partial charge in [-0.2, -0.15) is 10.3 Å². The molecule has 0 aliphatic carbocycles. The number of aryl methyl sites for hydroxylation is 1. The summed E-state index contributed by atoms with van der Waals surface area (Å²) in [6.07, 6.45) is 1.54. The van der Waals surface area contributed by atoms with Crippen molar-refractivity contribution in [3.05, 3.63) is 65.7 Å². The predicted octanol–water partition coefficient (Wildman–Crippen LogP) is 2.24. The third kappa shape index (κ3) is 3.67. The van der Waals surface area contributed by atoms with Crippen molar-refractivity contribution in [2.75, 3.05) is 6.54 Å². The van der Waals surface area contributed by atoms with Crippen LogP contribution in [0.5, 0.6) is 0 Å². The lowest BCUT2D eigenvalue weighted by atomic mass is 9.98. The summed E-state index contributed by atoms with van der Waals surface area (Å²) in [5, 5.41) is 19.0. The standard InChI is InChI=1S/C20H22N8/c1-2-19-22-18(11-12-21)25-28(19)13-14-7-9-15(10-8-14)16-5-3-4-6-17(16)20-23-26-27-24-20/h3-10H,2,11-13,21H2,1H3,(H,23,24,26,27). The summed E-state index contributed by atoms with van der Waals surface area (Å²) in [6, 6.07) is 16.5. The summed E-state index contributed by atoms with van der Waals surface area (Å²) in [4.78, 5) is 4.57. The molecular formula is C20H22N8. The number of benzene rings is 2. The highest BCUT2D eigenvalue weighted by atomic mass is 15.5. The molecule has 142 valence electrons. The molecule has 2 heterocycles. The number of rotatable bonds is 7. The molecule has 8 nitrogen and oxygen atoms in total. The maximum Gasteiger partial charge on any atom is 0.205 e. The molecule has 8 heteroatoms. The van der Waals surface area contributed by atoms with Crippen LogP contribution in [-0.4, -0.2) is 41.9 Å². The van der Waals surface area contributed by atoms with Crippen LogP contribution in [0.15, 0.2) is 48.5 Å². The maximum absolute atomic E-state index is 5.63. The van der Waals surface area contributed by atoms with E-state index >= 15 is 0 Å². The monoisotopic (exact) mass is 374 g/mol. The minimum absolute atomic E-state index is 0.557. The second-order valence-corrected chi connectivity index (χ2v) is 6.47. The molecule has 0 aliphatic heterocycles. The number of nitrogens with one attached hydrogen (secondary N) is 1. The van der Waals surface area contributed by atoms with Gasteiger partial charge in [-0.05, 0) is 28.4 Å². The zero-order valence-electron chi connectivity index (χ0n) is 15.7. The minimum atomic E-state index is 0.557. The van der Waals surface area contributed by atoms with Crippen LogP contribution < -0.4 is 5.73 Å². The molecule has 0 amide bonds. The summed E-state index contributed by atoms with van der Waals surface area (Å²) in [7, 11) is 0. The average molecular weight is 374 g/mol. The van der Waals surface area contributed by atoms with Gasteiger partial charge in [0.15, 0.2) is 5.82 Å². The molecule has 0 unspecified atom stereocenters. The van der Waals surface area contributed by atoms with Crippen molar-refractivity contribution in [3.63, 3.8) is 0 Å². The largest absolute Gasteiger partial charge is 0.330 e. The van der Waals surface area contributed by atoms with Crippen LogP contribution >= 0.6 is 0 Å². The summed E-state index contributed by atoms with van der Waals surface area (Å²) >= 11 is 0. The van der Waals surface area contributed by atoms with Crippen molar-refractivity contribution in [2.45, 2.75) is 26.3 Å². The minimum Gasteiger partial charge on any atom is -0.330 e. The molecule has 4 aromatic rings. The highest BCUT2D eigenvalue weighted by Crippen LogP contribution is 2.29. The maximum atomic E-state index is 5.63. The van der Waals surface area contributed by atoms with Crippen LogP contribution in [0.25, 0.3) is 22.5 Å². The second kappa shape index (κ2) is 8.10. The molecule has 4 rings (SSSR count). The van der Waals surface area contributed by atoms with Gasteiger partial charge in [-0.25, -0.2) is 9.67 Å². The smallest absolute Gasteiger partial charge is 0.205 e. The van der Waals surface area contributed by atoms with Gasteiger partial charge in [-0.1, -0.05) is 55.5 Å². The fraction of sp³-hybridized carbons (Fsp3) is 0.250. The first kappa shape index (κ1) is 18.0. The van der Waals surface area contributed by atoms with Crippen molar-refractivity contribution < 1.29 is 0 Å². The van der Waals surface area contributed by atoms with Crippen molar-refractivity contribution in [2.24, 2.45) is 5.73 Å². The molecule has 2 aromatic heterocycles. The van der Waals surface area contributed by atoms with E-state index < -0.39 is 0 Å². The summed E-state index contributed by atoms with van der Waals surface area (Å²) in [5.41, 5.74) is 9.90. The first-order valence-corrected chi connectivity index (χ1v) is 9.33. The number of hydrogen-bond donors (Lipinski definition) is 2. The Kier molecular flexibility index (Phi) is 5.20. The predicted molar refractivity (Wildman–Crippen MR) is 106 cm³/mol. The topological polar surface area (TPSA) is 111 Å². The first-order valence-electron chi connectivity index (χ1n) is 9.33. The van der Waals surface area contributed by atoms with Gasteiger partial charge >= 0.3 is 0 Å². The highest BCUT2D eigenvalue weighted by molar-refractivity contribution is 5.80. The van der Waals surface area contributed by atoms with E-state index in [1.807, 2.05) is 22.9 Å². The van der Waals surface area contributed by atoms with Crippen molar-refractivity contribution in [3.8, 4) is 22.5 Å². The Hall–Kier alpha value is -3.39. The summed E-state index contributed by atoms with van der Waals surface area (Å²) in [5.74, 6) is 2.38. The van der Waals surface area contributed by atoms with Crippen LogP contribution in [-0.2, 0) is 19.4 Å². The van der Waals surface area contributed by atoms with E-state index in [9.17, 15) is 0 Å². The van der Waals surface area contributed by atoms with Gasteiger partial charge < -0.3 is 5.73 Å². The van der Waals surface area contributed by atoms with E-state index in [-0.39, 0.29) is 0 Å². The molecule has 0 bridgehead atoms. The van der Waals surface area contributed by atoms with Gasteiger partial charge in [-0.15, -0.1) is 10.2 Å². The number of H-pyrrole nitrogens is 1. The van der Waals surface area contributed by atoms with E-state index in [1.165, 1.54) is 5.56 Å². The molecule has 28 heavy (non-hydrogen) atoms. The second-order valence-electron chi connectivity index (χ2n) is 6.47. The molecule has 2 aromatic carbocycles. The van der Waals surface area contributed by atoms with E-state index in [4.69, 9.17) is 5.73 Å². The van der Waals surface area contributed by atoms with Crippen molar-refractivity contribution in [1.82, 2.24) is 35.4 Å². The van der Waals surface area contributed by atoms with Gasteiger partial charge in [0.25, 0.3) is 0 Å². The molecule has 0 saturated carbocycles. The number of nitrogens with zero attached hydrogens (tertiary/aromatic N) is 6. The van der Waals surface area contributed by atoms with Gasteiger partial charge in [0.2, 0.25) is 5.82 Å². The fourth-order valence-electron chi connectivity index (χ4n) is 3.22. The van der Waals surface area contributed by atoms with Gasteiger partial charge in [0.05, 0.1) is 6.54 Å². The van der Waals surface area contributed by atoms with Gasteiger partial charge in [0, 0.05) is 18.4 Å². The van der Waals surface area contributed by atoms with Crippen LogP contribution in [0.4, 0.5) is 0 Å². The molecular weight excluding hydrogens is 352 g/mol. The Morgan fingerprint density at radius 1 is 1.04 bits per heavy atom. The lowest BCUT2D eigenvalue weighted by Crippen LogP contribution is -2.07. The fourth-order valence-corrected chi connectivity index (χ4v) is 3.22. The molecule has 0 fully saturated rings. The number of hydrogen-bond acceptors (Lipinski definition) is 6. The molecule has 3 N–H and O–H groups in total. The SMILES string of the molecule is CCc1nc(CCN)nn1Cc1ccc(-c2ccccc2-c2nn[nH]n2)cc1. The summed E-state index contributed by atoms with van der Waals surface area (Å²) in [6.45, 7) is 3.33. The lowest BCUT2D eigenvalue weighted by molar-refractivity contribution is 0.636. The number of aromatic nitrogens is 7. The van der Waals surface area contributed by atoms with E-state index in [0.29, 0.717) is 25.3 Å². The number of nitrogens with two attached hydrogens (primary N) is 1. The highest BCUT2D eigenvalue weighted by Gasteiger charge is 2.11. The third-order valence-corrected chi connectivity index (χ3v) is 4.59. The Bertz CT molecular complexity index is 1030. The zero-order chi connectivity index (χ0) is 19.3. The molecule has 0 aliphatic rings. The van der Waals surface area contributed by atoms with Crippen LogP contribution in [0, 0.1) is 0 Å². The lowest BCUT2D eigenvalue weighted by Gasteiger charge is -2.09. The Balaban J connectivity index is 1.59. The molecule has 0 spiro atoms. The molecule has 0 saturated heterocycles. The van der Waals surface area contributed by atoms with Crippen LogP contribution in [0.3, 0.4) is 0 Å². The molecule has 0 radical (unpaired) electrons. The van der Waals surface area contributed by atoms with Gasteiger partial charge in [0.1, 0.15) is 5.82 Å². The Labute approximate surface area is 162 Å². The molecule has 0 atom stereocenters. The number of aromatic amines is 1. The Morgan fingerprint density at radius 2 is 1.82 bits per heavy atom. The van der Waals surface area contributed by atoms with Crippen LogP contribution in [0.2, 0.25) is 0 Å². The Morgan fingerprint density at radius 3 is 2.50 bits per heavy atom. The van der Waals surface area contributed by atoms with Crippen molar-refractivity contribution >= 4 is 0 Å². The quantitative estimate of drug-likeness (QED) is 0.513. The van der Waals surface area contributed by atoms with E-state index in [0.717, 1.165) is 34.8 Å². The van der Waals surface area contributed by atoms with Crippen molar-refractivity contribution in [1.29, 1.82) is 0 Å². The first-order chi connectivity index (χ1) is 13.8. The number of tetrazole rings is 1.